The largest absolute Gasteiger partial charge is 0.355 e. The normalized spacial score (nSPS) is 17.1. The molecule has 1 unspecified atom stereocenters. The van der Waals surface area contributed by atoms with Crippen molar-refractivity contribution in [3.8, 4) is 6.07 Å². The zero-order valence-corrected chi connectivity index (χ0v) is 13.7. The lowest BCUT2D eigenvalue weighted by molar-refractivity contribution is -0.124. The molecule has 0 aromatic carbocycles. The van der Waals surface area contributed by atoms with Gasteiger partial charge in [0.2, 0.25) is 5.91 Å². The summed E-state index contributed by atoms with van der Waals surface area (Å²) in [5, 5.41) is 21.3. The summed E-state index contributed by atoms with van der Waals surface area (Å²) in [6, 6.07) is 3.86. The van der Waals surface area contributed by atoms with E-state index >= 15 is 0 Å². The molecule has 4 heterocycles. The van der Waals surface area contributed by atoms with E-state index in [1.807, 2.05) is 25.3 Å². The highest BCUT2D eigenvalue weighted by Crippen LogP contribution is 2.32. The maximum atomic E-state index is 12.1. The summed E-state index contributed by atoms with van der Waals surface area (Å²) < 4.78 is 0. The van der Waals surface area contributed by atoms with Crippen LogP contribution in [0.3, 0.4) is 0 Å². The van der Waals surface area contributed by atoms with Crippen molar-refractivity contribution < 1.29 is 4.79 Å². The highest BCUT2D eigenvalue weighted by Gasteiger charge is 2.30. The zero-order chi connectivity index (χ0) is 17.4. The number of aromatic amines is 1. The molecule has 9 heteroatoms. The van der Waals surface area contributed by atoms with Gasteiger partial charge in [0.05, 0.1) is 17.4 Å². The number of fused-ring (bicyclic) bond motifs is 3. The molecule has 3 aromatic heterocycles. The average molecular weight is 336 g/mol. The molecule has 0 spiro atoms. The van der Waals surface area contributed by atoms with Gasteiger partial charge in [0.25, 0.3) is 0 Å². The minimum Gasteiger partial charge on any atom is -0.355 e. The number of H-pyrrole nitrogens is 1. The molecule has 1 fully saturated rings. The van der Waals surface area contributed by atoms with Crippen LogP contribution in [0.2, 0.25) is 0 Å². The summed E-state index contributed by atoms with van der Waals surface area (Å²) in [5.41, 5.74) is 1.23. The van der Waals surface area contributed by atoms with Crippen LogP contribution in [0.1, 0.15) is 12.2 Å². The number of carbonyl (C=O) groups is 1. The van der Waals surface area contributed by atoms with Gasteiger partial charge in [-0.3, -0.25) is 4.79 Å². The number of hydrogen-bond acceptors (Lipinski definition) is 7. The first-order valence-corrected chi connectivity index (χ1v) is 8.05. The SMILES string of the molecule is Cc1nc(N2CCC(C(=O)NCC#N)C2)c2c(nnc3[nH]ccc32)n1. The maximum Gasteiger partial charge on any atom is 0.225 e. The molecule has 2 N–H and O–H groups in total. The fourth-order valence-electron chi connectivity index (χ4n) is 3.27. The molecule has 0 saturated carbocycles. The van der Waals surface area contributed by atoms with Crippen molar-refractivity contribution >= 4 is 33.8 Å². The first kappa shape index (κ1) is 15.3. The van der Waals surface area contributed by atoms with Crippen molar-refractivity contribution in [1.29, 1.82) is 5.26 Å². The van der Waals surface area contributed by atoms with Crippen LogP contribution in [-0.4, -0.2) is 50.7 Å². The topological polar surface area (TPSA) is 123 Å². The van der Waals surface area contributed by atoms with Gasteiger partial charge in [-0.05, 0) is 19.4 Å². The van der Waals surface area contributed by atoms with E-state index in [1.165, 1.54) is 0 Å². The Balaban J connectivity index is 1.73. The summed E-state index contributed by atoms with van der Waals surface area (Å²) in [4.78, 5) is 26.3. The lowest BCUT2D eigenvalue weighted by atomic mass is 10.1. The summed E-state index contributed by atoms with van der Waals surface area (Å²) in [7, 11) is 0. The van der Waals surface area contributed by atoms with Crippen LogP contribution in [0.4, 0.5) is 5.82 Å². The van der Waals surface area contributed by atoms with Crippen molar-refractivity contribution in [1.82, 2.24) is 30.5 Å². The third-order valence-corrected chi connectivity index (χ3v) is 4.42. The van der Waals surface area contributed by atoms with E-state index in [0.29, 0.717) is 30.2 Å². The number of amides is 1. The number of anilines is 1. The van der Waals surface area contributed by atoms with Crippen molar-refractivity contribution in [2.45, 2.75) is 13.3 Å². The van der Waals surface area contributed by atoms with Crippen LogP contribution in [0, 0.1) is 24.2 Å². The number of rotatable bonds is 3. The van der Waals surface area contributed by atoms with Gasteiger partial charge in [0, 0.05) is 24.7 Å². The molecule has 3 aromatic rings. The van der Waals surface area contributed by atoms with Crippen molar-refractivity contribution in [2.24, 2.45) is 5.92 Å². The molecular formula is C16H16N8O. The Morgan fingerprint density at radius 2 is 2.36 bits per heavy atom. The Morgan fingerprint density at radius 3 is 3.20 bits per heavy atom. The fraction of sp³-hybridized carbons (Fsp3) is 0.375. The predicted octanol–water partition coefficient (Wildman–Crippen LogP) is 0.676. The number of hydrogen-bond donors (Lipinski definition) is 2. The number of nitriles is 1. The monoisotopic (exact) mass is 336 g/mol. The van der Waals surface area contributed by atoms with E-state index in [9.17, 15) is 4.79 Å². The van der Waals surface area contributed by atoms with E-state index in [-0.39, 0.29) is 18.4 Å². The number of nitrogens with one attached hydrogen (secondary N) is 2. The molecule has 0 radical (unpaired) electrons. The Hall–Kier alpha value is -3.28. The van der Waals surface area contributed by atoms with E-state index in [2.05, 4.69) is 35.4 Å². The third-order valence-electron chi connectivity index (χ3n) is 4.42. The quantitative estimate of drug-likeness (QED) is 0.674. The van der Waals surface area contributed by atoms with Gasteiger partial charge in [-0.25, -0.2) is 9.97 Å². The molecule has 1 aliphatic heterocycles. The average Bonchev–Trinajstić information content (AvgIpc) is 3.27. The van der Waals surface area contributed by atoms with Crippen molar-refractivity contribution in [2.75, 3.05) is 24.5 Å². The van der Waals surface area contributed by atoms with E-state index in [1.54, 1.807) is 0 Å². The highest BCUT2D eigenvalue weighted by molar-refractivity contribution is 6.07. The van der Waals surface area contributed by atoms with Crippen LogP contribution in [-0.2, 0) is 4.79 Å². The lowest BCUT2D eigenvalue weighted by Gasteiger charge is -2.19. The Bertz CT molecular complexity index is 1000. The summed E-state index contributed by atoms with van der Waals surface area (Å²) >= 11 is 0. The summed E-state index contributed by atoms with van der Waals surface area (Å²) in [6.07, 6.45) is 2.53. The lowest BCUT2D eigenvalue weighted by Crippen LogP contribution is -2.33. The van der Waals surface area contributed by atoms with Gasteiger partial charge >= 0.3 is 0 Å². The molecule has 126 valence electrons. The highest BCUT2D eigenvalue weighted by atomic mass is 16.1. The number of aryl methyl sites for hydroxylation is 1. The molecule has 0 bridgehead atoms. The van der Waals surface area contributed by atoms with Crippen LogP contribution in [0.25, 0.3) is 22.1 Å². The van der Waals surface area contributed by atoms with Crippen LogP contribution in [0.5, 0.6) is 0 Å². The number of carbonyl (C=O) groups excluding carboxylic acids is 1. The first-order chi connectivity index (χ1) is 12.2. The Morgan fingerprint density at radius 1 is 1.48 bits per heavy atom. The van der Waals surface area contributed by atoms with E-state index in [4.69, 9.17) is 5.26 Å². The van der Waals surface area contributed by atoms with Gasteiger partial charge in [0.15, 0.2) is 11.3 Å². The second kappa shape index (κ2) is 5.98. The first-order valence-electron chi connectivity index (χ1n) is 8.05. The van der Waals surface area contributed by atoms with Crippen LogP contribution < -0.4 is 10.2 Å². The summed E-state index contributed by atoms with van der Waals surface area (Å²) in [6.45, 7) is 3.12. The van der Waals surface area contributed by atoms with Crippen molar-refractivity contribution in [3.05, 3.63) is 18.1 Å². The second-order valence-corrected chi connectivity index (χ2v) is 6.04. The van der Waals surface area contributed by atoms with E-state index in [0.717, 1.165) is 23.0 Å². The summed E-state index contributed by atoms with van der Waals surface area (Å²) in [5.74, 6) is 1.14. The zero-order valence-electron chi connectivity index (χ0n) is 13.7. The molecular weight excluding hydrogens is 320 g/mol. The minimum atomic E-state index is -0.157. The Labute approximate surface area is 143 Å². The van der Waals surface area contributed by atoms with Gasteiger partial charge in [-0.1, -0.05) is 0 Å². The second-order valence-electron chi connectivity index (χ2n) is 6.04. The van der Waals surface area contributed by atoms with Crippen LogP contribution >= 0.6 is 0 Å². The molecule has 1 aliphatic rings. The maximum absolute atomic E-state index is 12.1. The van der Waals surface area contributed by atoms with Gasteiger partial charge in [0.1, 0.15) is 18.2 Å². The standard InChI is InChI=1S/C16H16N8O/c1-9-20-14-12(11-2-5-18-13(11)22-23-14)15(21-9)24-7-3-10(8-24)16(25)19-6-4-17/h2,5,10H,3,6-8H2,1H3,(H,18,22)(H,19,25). The van der Waals surface area contributed by atoms with Crippen molar-refractivity contribution in [3.63, 3.8) is 0 Å². The molecule has 1 saturated heterocycles. The number of nitrogens with zero attached hydrogens (tertiary/aromatic N) is 6. The van der Waals surface area contributed by atoms with Gasteiger partial charge in [-0.15, -0.1) is 10.2 Å². The smallest absolute Gasteiger partial charge is 0.225 e. The third kappa shape index (κ3) is 2.61. The molecule has 4 rings (SSSR count). The fourth-order valence-corrected chi connectivity index (χ4v) is 3.27. The van der Waals surface area contributed by atoms with E-state index < -0.39 is 0 Å². The van der Waals surface area contributed by atoms with Gasteiger partial charge < -0.3 is 15.2 Å². The molecule has 0 aliphatic carbocycles. The van der Waals surface area contributed by atoms with Gasteiger partial charge in [-0.2, -0.15) is 5.26 Å². The molecule has 1 amide bonds. The molecule has 1 atom stereocenters. The minimum absolute atomic E-state index is 0.0322. The molecule has 25 heavy (non-hydrogen) atoms. The van der Waals surface area contributed by atoms with Crippen LogP contribution in [0.15, 0.2) is 12.3 Å². The predicted molar refractivity (Wildman–Crippen MR) is 90.7 cm³/mol. The Kier molecular flexibility index (Phi) is 3.65. The number of aromatic nitrogens is 5. The molecule has 9 nitrogen and oxygen atoms in total.